The van der Waals surface area contributed by atoms with Gasteiger partial charge in [0.2, 0.25) is 41.4 Å². The van der Waals surface area contributed by atoms with Crippen LogP contribution in [0.3, 0.4) is 0 Å². The summed E-state index contributed by atoms with van der Waals surface area (Å²) >= 11 is 0. The molecule has 0 aliphatic rings. The van der Waals surface area contributed by atoms with Gasteiger partial charge < -0.3 is 63.4 Å². The molecule has 3 rings (SSSR count). The zero-order valence-electron chi connectivity index (χ0n) is 36.0. The second-order valence-corrected chi connectivity index (χ2v) is 15.1. The third-order valence-electron chi connectivity index (χ3n) is 9.85. The zero-order valence-corrected chi connectivity index (χ0v) is 36.0. The first-order valence-electron chi connectivity index (χ1n) is 20.5. The molecule has 0 aliphatic carbocycles. The van der Waals surface area contributed by atoms with E-state index in [-0.39, 0.29) is 19.3 Å². The first-order chi connectivity index (χ1) is 31.8. The van der Waals surface area contributed by atoms with Gasteiger partial charge in [-0.05, 0) is 23.7 Å². The van der Waals surface area contributed by atoms with E-state index in [1.165, 1.54) is 7.05 Å². The lowest BCUT2D eigenvalue weighted by atomic mass is 10.0. The topological polar surface area (TPSA) is 379 Å². The molecule has 0 saturated heterocycles. The highest BCUT2D eigenvalue weighted by molar-refractivity contribution is 5.99. The predicted octanol–water partition coefficient (Wildman–Crippen LogP) is -2.40. The highest BCUT2D eigenvalue weighted by atomic mass is 16.4. The summed E-state index contributed by atoms with van der Waals surface area (Å²) in [6.45, 7) is 0. The van der Waals surface area contributed by atoms with Crippen molar-refractivity contribution in [1.82, 2.24) is 37.2 Å². The van der Waals surface area contributed by atoms with Gasteiger partial charge in [-0.2, -0.15) is 0 Å². The van der Waals surface area contributed by atoms with Crippen LogP contribution in [0, 0.1) is 0 Å². The van der Waals surface area contributed by atoms with Gasteiger partial charge in [-0.3, -0.25) is 52.7 Å². The lowest BCUT2D eigenvalue weighted by molar-refractivity contribution is -0.142. The Kier molecular flexibility index (Phi) is 21.1. The van der Waals surface area contributed by atoms with Crippen LogP contribution in [-0.4, -0.2) is 135 Å². The molecule has 13 N–H and O–H groups in total. The van der Waals surface area contributed by atoms with Crippen molar-refractivity contribution in [2.45, 2.75) is 87.2 Å². The minimum Gasteiger partial charge on any atom is -0.481 e. The Labute approximate surface area is 382 Å². The maximum absolute atomic E-state index is 14.1. The quantitative estimate of drug-likeness (QED) is 0.0361. The van der Waals surface area contributed by atoms with Gasteiger partial charge in [0, 0.05) is 19.3 Å². The minimum atomic E-state index is -1.96. The van der Waals surface area contributed by atoms with E-state index in [1.54, 1.807) is 91.0 Å². The normalized spacial score (nSPS) is 13.9. The molecule has 0 heterocycles. The van der Waals surface area contributed by atoms with Gasteiger partial charge in [0.1, 0.15) is 36.3 Å². The highest BCUT2D eigenvalue weighted by Crippen LogP contribution is 2.10. The molecular weight excluding hydrogens is 881 g/mol. The highest BCUT2D eigenvalue weighted by Gasteiger charge is 2.36. The van der Waals surface area contributed by atoms with Crippen LogP contribution in [0.5, 0.6) is 0 Å². The Hall–Kier alpha value is -8.21. The molecule has 0 saturated carbocycles. The fourth-order valence-electron chi connectivity index (χ4n) is 6.48. The largest absolute Gasteiger partial charge is 0.481 e. The molecule has 23 heteroatoms. The Morgan fingerprint density at radius 3 is 0.866 bits per heavy atom. The smallest absolute Gasteiger partial charge is 0.305 e. The van der Waals surface area contributed by atoms with Crippen LogP contribution in [0.4, 0.5) is 0 Å². The summed E-state index contributed by atoms with van der Waals surface area (Å²) in [5, 5.41) is 54.5. The van der Waals surface area contributed by atoms with Crippen LogP contribution < -0.4 is 43.0 Å². The molecule has 358 valence electrons. The number of amides is 7. The summed E-state index contributed by atoms with van der Waals surface area (Å²) in [5.41, 5.74) is 6.67. The van der Waals surface area contributed by atoms with E-state index in [2.05, 4.69) is 37.2 Å². The molecule has 3 unspecified atom stereocenters. The molecule has 23 nitrogen and oxygen atoms in total. The third-order valence-corrected chi connectivity index (χ3v) is 9.85. The second kappa shape index (κ2) is 26.5. The van der Waals surface area contributed by atoms with E-state index in [0.29, 0.717) is 16.7 Å². The van der Waals surface area contributed by atoms with E-state index in [9.17, 15) is 73.2 Å². The van der Waals surface area contributed by atoms with Crippen molar-refractivity contribution >= 4 is 65.2 Å². The number of aliphatic carboxylic acids is 4. The van der Waals surface area contributed by atoms with Gasteiger partial charge >= 0.3 is 23.9 Å². The number of rotatable bonds is 28. The SMILES string of the molecule is CN[C@@H](CC(=O)O)C(=O)NC(Cc1ccccc1)C(=O)N[C@@H](CC(=O)O)C(=O)NC(Cc1ccccc1)C(=O)N[C@@H](CC(=O)O)C(=O)NC(Cc1ccccc1)C(=O)N[C@@H](CC(=O)O)C(N)=O. The lowest BCUT2D eigenvalue weighted by Crippen LogP contribution is -2.61. The van der Waals surface area contributed by atoms with Crippen LogP contribution in [-0.2, 0) is 72.0 Å². The molecule has 67 heavy (non-hydrogen) atoms. The molecule has 3 aromatic carbocycles. The van der Waals surface area contributed by atoms with Crippen LogP contribution >= 0.6 is 0 Å². The third kappa shape index (κ3) is 18.8. The summed E-state index contributed by atoms with van der Waals surface area (Å²) in [5.74, 6) is -13.9. The molecule has 0 bridgehead atoms. The van der Waals surface area contributed by atoms with Crippen molar-refractivity contribution in [2.75, 3.05) is 7.05 Å². The monoisotopic (exact) mass is 932 g/mol. The van der Waals surface area contributed by atoms with E-state index in [0.717, 1.165) is 0 Å². The number of hydrogen-bond acceptors (Lipinski definition) is 12. The fraction of sp³-hybridized carbons (Fsp3) is 0.341. The molecule has 0 aliphatic heterocycles. The second-order valence-electron chi connectivity index (χ2n) is 15.1. The maximum Gasteiger partial charge on any atom is 0.305 e. The maximum atomic E-state index is 14.1. The first kappa shape index (κ1) is 53.1. The number of likely N-dealkylation sites (N-methyl/N-ethyl adjacent to an activating group) is 1. The summed E-state index contributed by atoms with van der Waals surface area (Å²) in [6, 6.07) is 12.5. The number of nitrogens with two attached hydrogens (primary N) is 1. The Morgan fingerprint density at radius 2 is 0.597 bits per heavy atom. The van der Waals surface area contributed by atoms with E-state index in [4.69, 9.17) is 5.73 Å². The first-order valence-corrected chi connectivity index (χ1v) is 20.5. The number of benzene rings is 3. The number of carbonyl (C=O) groups excluding carboxylic acids is 7. The van der Waals surface area contributed by atoms with Crippen LogP contribution in [0.1, 0.15) is 42.4 Å². The van der Waals surface area contributed by atoms with Gasteiger partial charge in [-0.1, -0.05) is 91.0 Å². The van der Waals surface area contributed by atoms with E-state index in [1.807, 2.05) is 0 Å². The molecule has 0 fully saturated rings. The molecule has 3 aromatic rings. The van der Waals surface area contributed by atoms with Crippen molar-refractivity contribution in [2.24, 2.45) is 5.73 Å². The van der Waals surface area contributed by atoms with E-state index >= 15 is 0 Å². The lowest BCUT2D eigenvalue weighted by Gasteiger charge is -2.27. The zero-order chi connectivity index (χ0) is 49.6. The number of carbonyl (C=O) groups is 11. The number of hydrogen-bond donors (Lipinski definition) is 12. The van der Waals surface area contributed by atoms with Crippen molar-refractivity contribution < 1.29 is 73.2 Å². The van der Waals surface area contributed by atoms with Crippen LogP contribution in [0.25, 0.3) is 0 Å². The molecular formula is C44H52N8O15. The molecule has 7 amide bonds. The average Bonchev–Trinajstić information content (AvgIpc) is 3.27. The van der Waals surface area contributed by atoms with Gasteiger partial charge in [0.05, 0.1) is 31.7 Å². The fourth-order valence-corrected chi connectivity index (χ4v) is 6.48. The van der Waals surface area contributed by atoms with Crippen LogP contribution in [0.2, 0.25) is 0 Å². The summed E-state index contributed by atoms with van der Waals surface area (Å²) < 4.78 is 0. The number of nitrogens with one attached hydrogen (secondary N) is 7. The Bertz CT molecular complexity index is 2250. The van der Waals surface area contributed by atoms with Gasteiger partial charge in [0.15, 0.2) is 0 Å². The number of carboxylic acid groups (broad SMARTS) is 4. The number of carboxylic acids is 4. The van der Waals surface area contributed by atoms with Gasteiger partial charge in [-0.15, -0.1) is 0 Å². The summed E-state index contributed by atoms with van der Waals surface area (Å²) in [6.07, 6.45) is -4.53. The molecule has 0 spiro atoms. The Balaban J connectivity index is 1.95. The summed E-state index contributed by atoms with van der Waals surface area (Å²) in [4.78, 5) is 141. The van der Waals surface area contributed by atoms with Crippen molar-refractivity contribution in [1.29, 1.82) is 0 Å². The van der Waals surface area contributed by atoms with Gasteiger partial charge in [-0.25, -0.2) is 0 Å². The summed E-state index contributed by atoms with van der Waals surface area (Å²) in [7, 11) is 1.32. The van der Waals surface area contributed by atoms with Crippen molar-refractivity contribution in [3.8, 4) is 0 Å². The van der Waals surface area contributed by atoms with Crippen LogP contribution in [0.15, 0.2) is 91.0 Å². The number of primary amides is 1. The molecule has 0 aromatic heterocycles. The Morgan fingerprint density at radius 1 is 0.373 bits per heavy atom. The van der Waals surface area contributed by atoms with Crippen molar-refractivity contribution in [3.63, 3.8) is 0 Å². The predicted molar refractivity (Wildman–Crippen MR) is 233 cm³/mol. The van der Waals surface area contributed by atoms with E-state index < -0.39 is 133 Å². The van der Waals surface area contributed by atoms with Crippen molar-refractivity contribution in [3.05, 3.63) is 108 Å². The minimum absolute atomic E-state index is 0.197. The van der Waals surface area contributed by atoms with Gasteiger partial charge in [0.25, 0.3) is 0 Å². The molecule has 0 radical (unpaired) electrons. The average molecular weight is 933 g/mol. The standard InChI is InChI=1S/C44H52N8O15/c1-46-28(21-35(55)56)39(62)48-30(18-25-13-7-3-8-14-25)41(64)51-33(23-37(59)60)44(67)50-31(19-26-15-9-4-10-16-26)42(65)52-32(22-36(57)58)43(66)49-29(17-24-11-5-2-6-12-24)40(63)47-27(38(45)61)20-34(53)54/h2-16,27-33,46H,17-23H2,1H3,(H2,45,61)(H,47,63)(H,48,62)(H,49,66)(H,50,67)(H,51,64)(H,52,65)(H,53,54)(H,55,56)(H,57,58)(H,59,60)/t27-,28-,29?,30?,31?,32-,33-/m0/s1. The molecule has 7 atom stereocenters.